The van der Waals surface area contributed by atoms with E-state index in [1.807, 2.05) is 5.32 Å². The van der Waals surface area contributed by atoms with Crippen LogP contribution in [0.5, 0.6) is 0 Å². The molecule has 0 aromatic heterocycles. The average molecular weight is 559 g/mol. The van der Waals surface area contributed by atoms with Crippen molar-refractivity contribution < 1.29 is 27.2 Å². The molecule has 0 heterocycles. The molecule has 0 saturated carbocycles. The molecule has 0 spiro atoms. The lowest BCUT2D eigenvalue weighted by molar-refractivity contribution is -0.116. The first-order valence-electron chi connectivity index (χ1n) is 11.2. The van der Waals surface area contributed by atoms with Gasteiger partial charge in [-0.25, -0.2) is 17.6 Å². The Bertz CT molecular complexity index is 1430. The quantitative estimate of drug-likeness (QED) is 0.133. The molecule has 38 heavy (non-hydrogen) atoms. The van der Waals surface area contributed by atoms with Crippen LogP contribution >= 0.6 is 23.4 Å². The van der Waals surface area contributed by atoms with Crippen molar-refractivity contribution in [1.29, 1.82) is 0 Å². The lowest BCUT2D eigenvalue weighted by atomic mass is 10.1. The van der Waals surface area contributed by atoms with Gasteiger partial charge in [0.2, 0.25) is 11.8 Å². The molecule has 0 aliphatic rings. The summed E-state index contributed by atoms with van der Waals surface area (Å²) in [5.74, 6) is -7.78. The molecule has 0 aliphatic heterocycles. The van der Waals surface area contributed by atoms with Gasteiger partial charge in [0.05, 0.1) is 6.42 Å². The average Bonchev–Trinajstić information content (AvgIpc) is 2.91. The molecule has 4 aromatic carbocycles. The van der Waals surface area contributed by atoms with Crippen LogP contribution in [0.2, 0.25) is 5.02 Å². The van der Waals surface area contributed by atoms with E-state index in [1.165, 1.54) is 0 Å². The van der Waals surface area contributed by atoms with Gasteiger partial charge in [0.1, 0.15) is 10.9 Å². The maximum atomic E-state index is 14.2. The molecule has 0 radical (unpaired) electrons. The van der Waals surface area contributed by atoms with E-state index in [4.69, 9.17) is 11.6 Å². The number of carbonyl (C=O) groups is 2. The van der Waals surface area contributed by atoms with Gasteiger partial charge in [-0.15, -0.1) is 11.8 Å². The van der Waals surface area contributed by atoms with Gasteiger partial charge in [0.25, 0.3) is 0 Å². The van der Waals surface area contributed by atoms with Gasteiger partial charge in [0.15, 0.2) is 23.3 Å². The molecular weight excluding hydrogens is 540 g/mol. The minimum atomic E-state index is -1.70. The van der Waals surface area contributed by atoms with Crippen molar-refractivity contribution in [3.63, 3.8) is 0 Å². The van der Waals surface area contributed by atoms with E-state index in [0.29, 0.717) is 21.2 Å². The summed E-state index contributed by atoms with van der Waals surface area (Å²) in [5.41, 5.74) is 0.607. The number of thioether (sulfide) groups is 1. The zero-order valence-corrected chi connectivity index (χ0v) is 21.1. The molecule has 4 nitrogen and oxygen atoms in total. The Morgan fingerprint density at radius 3 is 2.00 bits per heavy atom. The first-order chi connectivity index (χ1) is 18.2. The highest BCUT2D eigenvalue weighted by Crippen LogP contribution is 2.37. The molecule has 10 heteroatoms. The zero-order chi connectivity index (χ0) is 27.2. The number of anilines is 2. The van der Waals surface area contributed by atoms with Crippen molar-refractivity contribution in [2.45, 2.75) is 16.6 Å². The maximum Gasteiger partial charge on any atom is 0.242 e. The van der Waals surface area contributed by atoms with Crippen molar-refractivity contribution in [1.82, 2.24) is 0 Å². The summed E-state index contributed by atoms with van der Waals surface area (Å²) in [6, 6.07) is 22.0. The molecule has 2 N–H and O–H groups in total. The molecular formula is C28H19ClF4N2O2S. The van der Waals surface area contributed by atoms with E-state index in [1.54, 1.807) is 78.9 Å². The van der Waals surface area contributed by atoms with Crippen molar-refractivity contribution in [3.8, 4) is 0 Å². The van der Waals surface area contributed by atoms with Gasteiger partial charge >= 0.3 is 0 Å². The lowest BCUT2D eigenvalue weighted by Gasteiger charge is -2.18. The van der Waals surface area contributed by atoms with Gasteiger partial charge in [-0.1, -0.05) is 54.1 Å². The highest BCUT2D eigenvalue weighted by Gasteiger charge is 2.27. The number of nitrogens with one attached hydrogen (secondary N) is 2. The van der Waals surface area contributed by atoms with Crippen LogP contribution in [-0.4, -0.2) is 11.8 Å². The summed E-state index contributed by atoms with van der Waals surface area (Å²) in [5, 5.41) is 4.32. The summed E-state index contributed by atoms with van der Waals surface area (Å²) in [6.07, 6.45) is 0.151. The van der Waals surface area contributed by atoms with Crippen molar-refractivity contribution >= 4 is 46.6 Å². The van der Waals surface area contributed by atoms with E-state index in [0.717, 1.165) is 17.3 Å². The Morgan fingerprint density at radius 1 is 0.789 bits per heavy atom. The molecule has 0 bridgehead atoms. The van der Waals surface area contributed by atoms with Gasteiger partial charge in [-0.2, -0.15) is 0 Å². The van der Waals surface area contributed by atoms with E-state index >= 15 is 0 Å². The van der Waals surface area contributed by atoms with Crippen LogP contribution in [0.25, 0.3) is 0 Å². The topological polar surface area (TPSA) is 58.2 Å². The monoisotopic (exact) mass is 558 g/mol. The van der Waals surface area contributed by atoms with Gasteiger partial charge in [0, 0.05) is 21.7 Å². The van der Waals surface area contributed by atoms with Crippen LogP contribution in [0.3, 0.4) is 0 Å². The van der Waals surface area contributed by atoms with E-state index in [-0.39, 0.29) is 18.4 Å². The lowest BCUT2D eigenvalue weighted by Crippen LogP contribution is -2.21. The minimum Gasteiger partial charge on any atom is -0.326 e. The van der Waals surface area contributed by atoms with Crippen molar-refractivity contribution in [2.75, 3.05) is 10.6 Å². The number of rotatable bonds is 8. The van der Waals surface area contributed by atoms with Crippen molar-refractivity contribution in [3.05, 3.63) is 124 Å². The number of hydrogen-bond acceptors (Lipinski definition) is 3. The van der Waals surface area contributed by atoms with Crippen LogP contribution in [0.1, 0.15) is 16.4 Å². The molecule has 2 amide bonds. The number of benzene rings is 4. The fraction of sp³-hybridized carbons (Fsp3) is 0.0714. The smallest absolute Gasteiger partial charge is 0.242 e. The Kier molecular flexibility index (Phi) is 8.70. The first-order valence-corrected chi connectivity index (χ1v) is 12.5. The summed E-state index contributed by atoms with van der Waals surface area (Å²) in [4.78, 5) is 26.0. The molecule has 4 rings (SSSR count). The molecule has 4 aromatic rings. The van der Waals surface area contributed by atoms with Crippen LogP contribution in [0.4, 0.5) is 28.9 Å². The predicted octanol–water partition coefficient (Wildman–Crippen LogP) is 7.55. The molecule has 194 valence electrons. The standard InChI is InChI=1S/C28H19ClF4N2O2S/c29-18-8-6-16(7-9-18)14-23(36)34-19-10-12-20(13-11-19)38-27(17-4-2-1-3-5-17)28(37)35-26-24(32)21(30)15-22(31)25(26)33/h1-13,15,27H,14H2,(H,34,36)(H,35,37). The van der Waals surface area contributed by atoms with Crippen molar-refractivity contribution in [2.24, 2.45) is 0 Å². The largest absolute Gasteiger partial charge is 0.326 e. The normalized spacial score (nSPS) is 11.6. The Labute approximate surface area is 225 Å². The molecule has 0 aliphatic carbocycles. The summed E-state index contributed by atoms with van der Waals surface area (Å²) in [7, 11) is 0. The Balaban J connectivity index is 1.49. The van der Waals surface area contributed by atoms with E-state index in [2.05, 4.69) is 5.32 Å². The number of hydrogen-bond donors (Lipinski definition) is 2. The Hall–Kier alpha value is -3.82. The summed E-state index contributed by atoms with van der Waals surface area (Å²) < 4.78 is 55.6. The fourth-order valence-electron chi connectivity index (χ4n) is 3.52. The maximum absolute atomic E-state index is 14.2. The third-order valence-electron chi connectivity index (χ3n) is 5.37. The minimum absolute atomic E-state index is 0.0690. The number of halogens is 5. The van der Waals surface area contributed by atoms with Crippen LogP contribution < -0.4 is 10.6 Å². The number of carbonyl (C=O) groups excluding carboxylic acids is 2. The van der Waals surface area contributed by atoms with E-state index < -0.39 is 40.1 Å². The molecule has 1 atom stereocenters. The molecule has 0 fully saturated rings. The fourth-order valence-corrected chi connectivity index (χ4v) is 4.67. The SMILES string of the molecule is O=C(Cc1ccc(Cl)cc1)Nc1ccc(SC(C(=O)Nc2c(F)c(F)cc(F)c2F)c2ccccc2)cc1. The number of amides is 2. The van der Waals surface area contributed by atoms with Crippen LogP contribution in [0, 0.1) is 23.3 Å². The highest BCUT2D eigenvalue weighted by molar-refractivity contribution is 8.00. The third-order valence-corrected chi connectivity index (χ3v) is 6.89. The molecule has 0 saturated heterocycles. The second-order valence-corrected chi connectivity index (χ2v) is 9.73. The van der Waals surface area contributed by atoms with Crippen LogP contribution in [-0.2, 0) is 16.0 Å². The second-order valence-electron chi connectivity index (χ2n) is 8.12. The summed E-state index contributed by atoms with van der Waals surface area (Å²) >= 11 is 6.91. The third kappa shape index (κ3) is 6.73. The van der Waals surface area contributed by atoms with E-state index in [9.17, 15) is 27.2 Å². The van der Waals surface area contributed by atoms with Gasteiger partial charge in [-0.3, -0.25) is 9.59 Å². The molecule has 1 unspecified atom stereocenters. The van der Waals surface area contributed by atoms with Gasteiger partial charge < -0.3 is 10.6 Å². The van der Waals surface area contributed by atoms with Gasteiger partial charge in [-0.05, 0) is 47.5 Å². The first kappa shape index (κ1) is 27.2. The predicted molar refractivity (Wildman–Crippen MR) is 140 cm³/mol. The summed E-state index contributed by atoms with van der Waals surface area (Å²) in [6.45, 7) is 0. The van der Waals surface area contributed by atoms with Crippen LogP contribution in [0.15, 0.2) is 89.8 Å². The Morgan fingerprint density at radius 2 is 1.39 bits per heavy atom. The zero-order valence-electron chi connectivity index (χ0n) is 19.5. The highest BCUT2D eigenvalue weighted by atomic mass is 35.5. The second kappa shape index (κ2) is 12.1.